The number of aliphatic hydroxyl groups is 2. The Balaban J connectivity index is 0.842. The zero-order chi connectivity index (χ0) is 54.0. The van der Waals surface area contributed by atoms with Crippen LogP contribution in [0.1, 0.15) is 57.7 Å². The fourth-order valence-corrected chi connectivity index (χ4v) is 13.0. The normalized spacial score (nSPS) is 23.9. The van der Waals surface area contributed by atoms with Crippen LogP contribution in [0.5, 0.6) is 0 Å². The molecule has 0 aliphatic carbocycles. The summed E-state index contributed by atoms with van der Waals surface area (Å²) in [6.07, 6.45) is -4.65. The van der Waals surface area contributed by atoms with Crippen molar-refractivity contribution in [2.45, 2.75) is 101 Å². The number of fused-ring (bicyclic) bond motifs is 2. The van der Waals surface area contributed by atoms with E-state index in [9.17, 15) is 67.5 Å². The molecule has 3 saturated heterocycles. The third-order valence-electron chi connectivity index (χ3n) is 11.6. The third kappa shape index (κ3) is 16.4. The summed E-state index contributed by atoms with van der Waals surface area (Å²) in [5.41, 5.74) is 5.13. The number of unbranched alkanes of at least 4 members (excludes halogenated alkanes) is 1. The van der Waals surface area contributed by atoms with Crippen molar-refractivity contribution < 1.29 is 94.8 Å². The van der Waals surface area contributed by atoms with Gasteiger partial charge in [-0.25, -0.2) is 33.4 Å². The first-order valence-electron chi connectivity index (χ1n) is 22.7. The van der Waals surface area contributed by atoms with Gasteiger partial charge in [-0.1, -0.05) is 50.6 Å². The van der Waals surface area contributed by atoms with Crippen molar-refractivity contribution in [2.24, 2.45) is 5.41 Å². The Morgan fingerprint density at radius 1 is 1.01 bits per heavy atom. The van der Waals surface area contributed by atoms with Crippen LogP contribution in [0.15, 0.2) is 43.0 Å². The molecule has 3 aliphatic rings. The summed E-state index contributed by atoms with van der Waals surface area (Å²) >= 11 is 2.90. The molecule has 6 rings (SSSR count). The Morgan fingerprint density at radius 3 is 2.47 bits per heavy atom. The quantitative estimate of drug-likeness (QED) is 0.0208. The number of imide groups is 1. The molecule has 2 aromatic heterocycles. The standard InChI is InChI=1S/C40H58N9O20P3S2/c1-40(2,20-66-72(62,63)69-71(60,61)65-17-25-33(68-70(57,58)59)32(53)38(67-25)48-22-46-31-35(41)44-21-45-36(31)48)34(54)37(55)43-13-12-27(50)42-14-15-73-19-28(51)49-24-18-74-26(30(24)47-39(49)56)10-6-7-11-29(52)64-16-23-8-4-3-5-9-23/h3-5,8-9,21-22,24-26,30,32-34,38,53-54H,6-7,10-20H2,1-2H3,(H,42,50)(H,43,55)(H,47,56)(H,60,61)(H,62,63)(H2,41,44,45)(H2,57,58,59)/t24?,25-,26?,30?,32-,33-,34+,38-/m1/s1. The second-order valence-corrected chi connectivity index (χ2v) is 24.3. The number of carbonyl (C=O) groups is 5. The van der Waals surface area contributed by atoms with Crippen LogP contribution in [0, 0.1) is 5.41 Å². The molecule has 3 aromatic rings. The molecule has 5 heterocycles. The minimum Gasteiger partial charge on any atom is -0.461 e. The SMILES string of the molecule is CC(C)(COP(=O)(O)OP(=O)(O)OC[C@H]1O[C@@H](n2cnc3c(N)ncnc32)[C@H](O)[C@@H]1OP(=O)(O)O)[C@@H](O)C(=O)NCCC(=O)NCCSCC(=O)N1C(=O)NC2C(CCCCC(=O)OCc3ccccc3)SCC21. The van der Waals surface area contributed by atoms with Crippen LogP contribution in [0.25, 0.3) is 11.2 Å². The van der Waals surface area contributed by atoms with Gasteiger partial charge >= 0.3 is 35.5 Å². The molecule has 11 N–H and O–H groups in total. The molecule has 34 heteroatoms. The van der Waals surface area contributed by atoms with E-state index in [0.29, 0.717) is 17.9 Å². The number of esters is 1. The van der Waals surface area contributed by atoms with Crippen molar-refractivity contribution >= 4 is 93.7 Å². The number of hydrogen-bond donors (Lipinski definition) is 10. The lowest BCUT2D eigenvalue weighted by atomic mass is 9.87. The average Bonchev–Trinajstić information content (AvgIpc) is 4.10. The number of amides is 5. The van der Waals surface area contributed by atoms with Crippen LogP contribution in [0.3, 0.4) is 0 Å². The number of carbonyl (C=O) groups excluding carboxylic acids is 5. The highest BCUT2D eigenvalue weighted by atomic mass is 32.2. The van der Waals surface area contributed by atoms with E-state index in [4.69, 9.17) is 24.3 Å². The van der Waals surface area contributed by atoms with Gasteiger partial charge < -0.3 is 60.9 Å². The number of nitrogen functional groups attached to an aromatic ring is 1. The molecule has 10 atom stereocenters. The number of aromatic nitrogens is 4. The fourth-order valence-electron chi connectivity index (χ4n) is 7.88. The number of benzene rings is 1. The number of ether oxygens (including phenoxy) is 2. The van der Waals surface area contributed by atoms with Crippen molar-refractivity contribution in [1.82, 2.24) is 40.4 Å². The number of urea groups is 1. The van der Waals surface area contributed by atoms with Crippen molar-refractivity contribution in [1.29, 1.82) is 0 Å². The highest BCUT2D eigenvalue weighted by Crippen LogP contribution is 2.61. The molecule has 0 bridgehead atoms. The van der Waals surface area contributed by atoms with E-state index in [1.807, 2.05) is 30.3 Å². The monoisotopic (exact) mass is 1140 g/mol. The van der Waals surface area contributed by atoms with Crippen LogP contribution in [0.2, 0.25) is 0 Å². The van der Waals surface area contributed by atoms with Crippen LogP contribution < -0.4 is 21.7 Å². The topological polar surface area (TPSA) is 422 Å². The smallest absolute Gasteiger partial charge is 0.461 e. The molecule has 29 nitrogen and oxygen atoms in total. The maximum Gasteiger partial charge on any atom is 0.481 e. The van der Waals surface area contributed by atoms with Gasteiger partial charge in [-0.3, -0.25) is 42.2 Å². The van der Waals surface area contributed by atoms with Gasteiger partial charge in [0.05, 0.1) is 37.4 Å². The van der Waals surface area contributed by atoms with Gasteiger partial charge in [-0.05, 0) is 18.4 Å². The Labute approximate surface area is 431 Å². The summed E-state index contributed by atoms with van der Waals surface area (Å²) in [5, 5.41) is 29.7. The molecule has 410 valence electrons. The Kier molecular flexibility index (Phi) is 20.6. The van der Waals surface area contributed by atoms with Gasteiger partial charge in [-0.15, -0.1) is 0 Å². The van der Waals surface area contributed by atoms with Crippen molar-refractivity contribution in [3.63, 3.8) is 0 Å². The number of aliphatic hydroxyl groups excluding tert-OH is 2. The van der Waals surface area contributed by atoms with Gasteiger partial charge in [0, 0.05) is 48.1 Å². The minimum absolute atomic E-state index is 0.00624. The third-order valence-corrected chi connectivity index (χ3v) is 17.2. The Bertz CT molecular complexity index is 2620. The van der Waals surface area contributed by atoms with Gasteiger partial charge in [0.15, 0.2) is 17.7 Å². The van der Waals surface area contributed by atoms with E-state index in [-0.39, 0.29) is 84.5 Å². The summed E-state index contributed by atoms with van der Waals surface area (Å²) in [6, 6.07) is 8.45. The van der Waals surface area contributed by atoms with Crippen molar-refractivity contribution in [3.8, 4) is 0 Å². The fraction of sp³-hybridized carbons (Fsp3) is 0.600. The largest absolute Gasteiger partial charge is 0.481 e. The summed E-state index contributed by atoms with van der Waals surface area (Å²) in [5.74, 6) is -1.26. The van der Waals surface area contributed by atoms with E-state index in [1.165, 1.54) is 30.5 Å². The molecule has 0 radical (unpaired) electrons. The molecular weight excluding hydrogens is 1080 g/mol. The molecule has 3 aliphatic heterocycles. The zero-order valence-electron chi connectivity index (χ0n) is 39.7. The van der Waals surface area contributed by atoms with Gasteiger partial charge in [0.25, 0.3) is 0 Å². The molecule has 1 aromatic carbocycles. The molecule has 5 amide bonds. The Morgan fingerprint density at radius 2 is 1.74 bits per heavy atom. The van der Waals surface area contributed by atoms with Crippen LogP contribution >= 0.6 is 47.0 Å². The molecule has 5 unspecified atom stereocenters. The van der Waals surface area contributed by atoms with Crippen LogP contribution in [0.4, 0.5) is 10.6 Å². The summed E-state index contributed by atoms with van der Waals surface area (Å²) in [4.78, 5) is 116. The first-order valence-corrected chi connectivity index (χ1v) is 29.5. The van der Waals surface area contributed by atoms with E-state index in [0.717, 1.165) is 35.6 Å². The summed E-state index contributed by atoms with van der Waals surface area (Å²) in [7, 11) is -16.5. The van der Waals surface area contributed by atoms with Crippen LogP contribution in [-0.2, 0) is 66.8 Å². The number of anilines is 1. The lowest BCUT2D eigenvalue weighted by molar-refractivity contribution is -0.145. The van der Waals surface area contributed by atoms with E-state index in [1.54, 1.807) is 11.8 Å². The minimum atomic E-state index is -5.61. The Hall–Kier alpha value is -4.13. The predicted molar refractivity (Wildman–Crippen MR) is 261 cm³/mol. The number of nitrogens with one attached hydrogen (secondary N) is 3. The first-order chi connectivity index (χ1) is 34.8. The number of nitrogens with two attached hydrogens (primary N) is 1. The van der Waals surface area contributed by atoms with Crippen molar-refractivity contribution in [3.05, 3.63) is 48.5 Å². The average molecular weight is 1140 g/mol. The highest BCUT2D eigenvalue weighted by Gasteiger charge is 2.52. The van der Waals surface area contributed by atoms with Gasteiger partial charge in [0.2, 0.25) is 17.7 Å². The lowest BCUT2D eigenvalue weighted by Crippen LogP contribution is -2.46. The predicted octanol–water partition coefficient (Wildman–Crippen LogP) is 0.846. The highest BCUT2D eigenvalue weighted by molar-refractivity contribution is 8.00. The second kappa shape index (κ2) is 25.8. The van der Waals surface area contributed by atoms with Gasteiger partial charge in [-0.2, -0.15) is 27.8 Å². The summed E-state index contributed by atoms with van der Waals surface area (Å²) in [6.45, 7) is 0.546. The number of thioether (sulfide) groups is 2. The van der Waals surface area contributed by atoms with E-state index >= 15 is 0 Å². The van der Waals surface area contributed by atoms with E-state index in [2.05, 4.69) is 39.7 Å². The molecule has 0 saturated carbocycles. The lowest BCUT2D eigenvalue weighted by Gasteiger charge is -2.30. The number of nitrogens with zero attached hydrogens (tertiary/aromatic N) is 5. The zero-order valence-corrected chi connectivity index (χ0v) is 44.0. The molecule has 3 fully saturated rings. The maximum atomic E-state index is 13.1. The number of phosphoric acid groups is 3. The number of phosphoric ester groups is 3. The second-order valence-electron chi connectivity index (χ2n) is 17.7. The maximum absolute atomic E-state index is 13.1. The summed E-state index contributed by atoms with van der Waals surface area (Å²) < 4.78 is 67.9. The van der Waals surface area contributed by atoms with Gasteiger partial charge in [0.1, 0.15) is 42.9 Å². The van der Waals surface area contributed by atoms with Crippen molar-refractivity contribution in [2.75, 3.05) is 49.3 Å². The van der Waals surface area contributed by atoms with Crippen LogP contribution in [-0.4, -0.2) is 169 Å². The first kappa shape index (κ1) is 59.1. The molecular formula is C40H58N9O20P3S2. The number of imidazole rings is 1. The number of hydrogen-bond acceptors (Lipinski definition) is 22. The number of rotatable bonds is 28. The molecule has 0 spiro atoms. The molecule has 74 heavy (non-hydrogen) atoms. The van der Waals surface area contributed by atoms with E-state index < -0.39 is 90.6 Å².